The van der Waals surface area contributed by atoms with Crippen molar-refractivity contribution < 1.29 is 18.3 Å². The van der Waals surface area contributed by atoms with Crippen LogP contribution in [0, 0.1) is 6.92 Å². The fourth-order valence-corrected chi connectivity index (χ4v) is 3.01. The molecule has 0 bridgehead atoms. The normalized spacial score (nSPS) is 11.1. The Balaban J connectivity index is 1.60. The van der Waals surface area contributed by atoms with Crippen LogP contribution in [0.4, 0.5) is 14.5 Å². The van der Waals surface area contributed by atoms with Crippen LogP contribution in [0.5, 0.6) is 5.75 Å². The van der Waals surface area contributed by atoms with Gasteiger partial charge in [-0.05, 0) is 36.8 Å². The molecule has 4 aromatic rings. The summed E-state index contributed by atoms with van der Waals surface area (Å²) in [5.74, 6) is -0.217. The van der Waals surface area contributed by atoms with E-state index in [9.17, 15) is 13.6 Å². The smallest absolute Gasteiger partial charge is 0.387 e. The molecule has 0 spiro atoms. The van der Waals surface area contributed by atoms with Crippen LogP contribution in [0.15, 0.2) is 60.8 Å². The number of amides is 1. The fourth-order valence-electron chi connectivity index (χ4n) is 3.01. The van der Waals surface area contributed by atoms with Crippen LogP contribution in [0.1, 0.15) is 27.4 Å². The van der Waals surface area contributed by atoms with Gasteiger partial charge in [0.05, 0.1) is 0 Å². The van der Waals surface area contributed by atoms with E-state index in [1.54, 1.807) is 18.3 Å². The molecule has 4 rings (SSSR count). The van der Waals surface area contributed by atoms with Crippen LogP contribution in [-0.2, 0) is 6.42 Å². The Morgan fingerprint density at radius 1 is 1.17 bits per heavy atom. The molecule has 2 aromatic heterocycles. The van der Waals surface area contributed by atoms with E-state index in [2.05, 4.69) is 25.1 Å². The quantitative estimate of drug-likeness (QED) is 0.523. The van der Waals surface area contributed by atoms with E-state index in [1.165, 1.54) is 16.6 Å². The molecule has 0 aliphatic carbocycles. The van der Waals surface area contributed by atoms with Crippen molar-refractivity contribution in [2.24, 2.45) is 0 Å². The van der Waals surface area contributed by atoms with Crippen molar-refractivity contribution in [2.45, 2.75) is 20.0 Å². The first-order chi connectivity index (χ1) is 14.5. The molecule has 152 valence electrons. The van der Waals surface area contributed by atoms with Crippen LogP contribution in [0.2, 0.25) is 0 Å². The maximum Gasteiger partial charge on any atom is 0.387 e. The molecule has 1 amide bonds. The van der Waals surface area contributed by atoms with E-state index in [0.29, 0.717) is 23.4 Å². The summed E-state index contributed by atoms with van der Waals surface area (Å²) in [7, 11) is 0. The summed E-state index contributed by atoms with van der Waals surface area (Å²) in [5.41, 5.74) is 2.63. The average Bonchev–Trinajstić information content (AvgIpc) is 3.16. The molecule has 30 heavy (non-hydrogen) atoms. The highest BCUT2D eigenvalue weighted by Crippen LogP contribution is 2.27. The molecule has 0 saturated heterocycles. The van der Waals surface area contributed by atoms with Crippen molar-refractivity contribution in [2.75, 3.05) is 5.32 Å². The van der Waals surface area contributed by atoms with Crippen LogP contribution < -0.4 is 10.1 Å². The Hall–Kier alpha value is -3.88. The maximum atomic E-state index is 12.8. The highest BCUT2D eigenvalue weighted by molar-refractivity contribution is 6.01. The van der Waals surface area contributed by atoms with Crippen molar-refractivity contribution in [1.29, 1.82) is 0 Å². The lowest BCUT2D eigenvalue weighted by atomic mass is 10.0. The van der Waals surface area contributed by atoms with E-state index in [4.69, 9.17) is 0 Å². The van der Waals surface area contributed by atoms with Crippen LogP contribution in [0.3, 0.4) is 0 Å². The van der Waals surface area contributed by atoms with Gasteiger partial charge in [-0.3, -0.25) is 4.79 Å². The number of nitrogens with zero attached hydrogens (tertiary/aromatic N) is 4. The number of alkyl halides is 2. The average molecular weight is 409 g/mol. The third-order valence-electron chi connectivity index (χ3n) is 4.40. The molecule has 0 saturated carbocycles. The molecule has 0 fully saturated rings. The van der Waals surface area contributed by atoms with Gasteiger partial charge in [-0.2, -0.15) is 13.8 Å². The van der Waals surface area contributed by atoms with Crippen LogP contribution in [-0.4, -0.2) is 32.1 Å². The van der Waals surface area contributed by atoms with E-state index < -0.39 is 12.5 Å². The minimum Gasteiger partial charge on any atom is -0.435 e. The minimum atomic E-state index is -2.95. The number of hydrogen-bond acceptors (Lipinski definition) is 5. The van der Waals surface area contributed by atoms with E-state index in [0.717, 1.165) is 11.3 Å². The first kappa shape index (κ1) is 19.4. The molecule has 1 N–H and O–H groups in total. The summed E-state index contributed by atoms with van der Waals surface area (Å²) >= 11 is 0. The predicted octanol–water partition coefficient (Wildman–Crippen LogP) is 3.88. The number of halogens is 2. The Kier molecular flexibility index (Phi) is 5.34. The highest BCUT2D eigenvalue weighted by atomic mass is 19.3. The number of carbonyl (C=O) groups excluding carboxylic acids is 1. The molecule has 0 atom stereocenters. The van der Waals surface area contributed by atoms with Crippen molar-refractivity contribution in [3.05, 3.63) is 83.4 Å². The Bertz CT molecular complexity index is 1190. The van der Waals surface area contributed by atoms with Gasteiger partial charge in [0, 0.05) is 29.6 Å². The van der Waals surface area contributed by atoms with Crippen molar-refractivity contribution in [3.63, 3.8) is 0 Å². The summed E-state index contributed by atoms with van der Waals surface area (Å²) in [4.78, 5) is 20.8. The van der Waals surface area contributed by atoms with Gasteiger partial charge in [-0.25, -0.2) is 9.50 Å². The second kappa shape index (κ2) is 8.24. The number of rotatable bonds is 6. The van der Waals surface area contributed by atoms with Crippen molar-refractivity contribution in [1.82, 2.24) is 19.6 Å². The van der Waals surface area contributed by atoms with Gasteiger partial charge in [0.2, 0.25) is 5.82 Å². The largest absolute Gasteiger partial charge is 0.435 e. The number of ether oxygens (including phenoxy) is 1. The van der Waals surface area contributed by atoms with Crippen molar-refractivity contribution in [3.8, 4) is 5.75 Å². The zero-order valence-electron chi connectivity index (χ0n) is 15.9. The summed E-state index contributed by atoms with van der Waals surface area (Å²) < 4.78 is 31.7. The van der Waals surface area contributed by atoms with Gasteiger partial charge >= 0.3 is 6.61 Å². The first-order valence-electron chi connectivity index (χ1n) is 9.11. The van der Waals surface area contributed by atoms with E-state index in [1.807, 2.05) is 37.3 Å². The van der Waals surface area contributed by atoms with E-state index >= 15 is 0 Å². The number of carbonyl (C=O) groups is 1. The number of nitrogens with one attached hydrogen (secondary N) is 1. The molecular formula is C21H17F2N5O2. The molecule has 0 aliphatic heterocycles. The van der Waals surface area contributed by atoms with Crippen molar-refractivity contribution >= 4 is 17.4 Å². The Morgan fingerprint density at radius 2 is 1.97 bits per heavy atom. The van der Waals surface area contributed by atoms with Gasteiger partial charge < -0.3 is 10.1 Å². The predicted molar refractivity (Wildman–Crippen MR) is 106 cm³/mol. The second-order valence-electron chi connectivity index (χ2n) is 6.55. The summed E-state index contributed by atoms with van der Waals surface area (Å²) in [6, 6.07) is 15.6. The topological polar surface area (TPSA) is 81.4 Å². The molecule has 0 radical (unpaired) electrons. The highest BCUT2D eigenvalue weighted by Gasteiger charge is 2.16. The summed E-state index contributed by atoms with van der Waals surface area (Å²) in [5, 5.41) is 6.86. The zero-order valence-corrected chi connectivity index (χ0v) is 15.9. The standard InChI is InChI=1S/C21H17F2N5O2/c1-13-9-10-24-21-26-18(27-28(13)21)19(29)25-16-7-8-17(30-20(22)23)15(12-16)11-14-5-3-2-4-6-14/h2-10,12,20H,11H2,1H3,(H,25,29). The van der Waals surface area contributed by atoms with Gasteiger partial charge in [-0.1, -0.05) is 30.3 Å². The van der Waals surface area contributed by atoms with Gasteiger partial charge in [0.25, 0.3) is 11.7 Å². The summed E-state index contributed by atoms with van der Waals surface area (Å²) in [6.07, 6.45) is 1.95. The number of benzene rings is 2. The number of aromatic nitrogens is 4. The first-order valence-corrected chi connectivity index (χ1v) is 9.11. The maximum absolute atomic E-state index is 12.8. The Labute approximate surface area is 170 Å². The zero-order chi connectivity index (χ0) is 21.1. The van der Waals surface area contributed by atoms with Gasteiger partial charge in [0.1, 0.15) is 5.75 Å². The Morgan fingerprint density at radius 3 is 2.70 bits per heavy atom. The lowest BCUT2D eigenvalue weighted by molar-refractivity contribution is -0.0503. The third kappa shape index (κ3) is 4.24. The third-order valence-corrected chi connectivity index (χ3v) is 4.40. The number of anilines is 1. The monoisotopic (exact) mass is 409 g/mol. The summed E-state index contributed by atoms with van der Waals surface area (Å²) in [6.45, 7) is -1.12. The number of aryl methyl sites for hydroxylation is 1. The van der Waals surface area contributed by atoms with Gasteiger partial charge in [0.15, 0.2) is 0 Å². The lowest BCUT2D eigenvalue weighted by Crippen LogP contribution is -2.14. The molecule has 0 unspecified atom stereocenters. The minimum absolute atomic E-state index is 0.0469. The second-order valence-corrected chi connectivity index (χ2v) is 6.55. The molecule has 2 heterocycles. The molecule has 7 nitrogen and oxygen atoms in total. The molecule has 0 aliphatic rings. The molecule has 9 heteroatoms. The van der Waals surface area contributed by atoms with E-state index in [-0.39, 0.29) is 11.6 Å². The van der Waals surface area contributed by atoms with Crippen LogP contribution >= 0.6 is 0 Å². The fraction of sp³-hybridized carbons (Fsp3) is 0.143. The van der Waals surface area contributed by atoms with Crippen LogP contribution in [0.25, 0.3) is 5.78 Å². The number of fused-ring (bicyclic) bond motifs is 1. The molecule has 2 aromatic carbocycles. The lowest BCUT2D eigenvalue weighted by Gasteiger charge is -2.13. The molecular weight excluding hydrogens is 392 g/mol. The number of hydrogen-bond donors (Lipinski definition) is 1. The van der Waals surface area contributed by atoms with Gasteiger partial charge in [-0.15, -0.1) is 5.10 Å². The SMILES string of the molecule is Cc1ccnc2nc(C(=O)Nc3ccc(OC(F)F)c(Cc4ccccc4)c3)nn12.